The highest BCUT2D eigenvalue weighted by atomic mass is 32.2. The predicted molar refractivity (Wildman–Crippen MR) is 75.1 cm³/mol. The maximum atomic E-state index is 12.8. The summed E-state index contributed by atoms with van der Waals surface area (Å²) in [5.74, 6) is 0. The lowest BCUT2D eigenvalue weighted by atomic mass is 10.2. The molecule has 0 spiro atoms. The molecule has 5 nitrogen and oxygen atoms in total. The molecule has 19 heavy (non-hydrogen) atoms. The van der Waals surface area contributed by atoms with E-state index in [9.17, 15) is 8.42 Å². The highest BCUT2D eigenvalue weighted by Gasteiger charge is 2.39. The normalized spacial score (nSPS) is 25.1. The van der Waals surface area contributed by atoms with E-state index in [1.807, 2.05) is 20.9 Å². The summed E-state index contributed by atoms with van der Waals surface area (Å²) in [7, 11) is -1.58. The van der Waals surface area contributed by atoms with Crippen LogP contribution in [0.15, 0.2) is 17.2 Å². The molecule has 0 saturated carbocycles. The second kappa shape index (κ2) is 5.26. The standard InChI is InChI=1S/C13H23N3O2S/c1-4-11-6-5-10(2)16(11)19(17,18)13-7-12(8-14)15(3)9-13/h7,9-11H,4-6,8,14H2,1-3H3. The van der Waals surface area contributed by atoms with Crippen LogP contribution in [0.5, 0.6) is 0 Å². The molecule has 2 rings (SSSR count). The van der Waals surface area contributed by atoms with Gasteiger partial charge in [-0.2, -0.15) is 4.31 Å². The molecule has 108 valence electrons. The van der Waals surface area contributed by atoms with E-state index < -0.39 is 10.0 Å². The first-order chi connectivity index (χ1) is 8.91. The molecule has 6 heteroatoms. The summed E-state index contributed by atoms with van der Waals surface area (Å²) in [5.41, 5.74) is 6.44. The van der Waals surface area contributed by atoms with E-state index in [-0.39, 0.29) is 12.1 Å². The van der Waals surface area contributed by atoms with Crippen molar-refractivity contribution in [1.29, 1.82) is 0 Å². The van der Waals surface area contributed by atoms with Crippen LogP contribution >= 0.6 is 0 Å². The van der Waals surface area contributed by atoms with Crippen molar-refractivity contribution < 1.29 is 8.42 Å². The zero-order valence-electron chi connectivity index (χ0n) is 11.8. The van der Waals surface area contributed by atoms with Crippen molar-refractivity contribution in [3.05, 3.63) is 18.0 Å². The molecular weight excluding hydrogens is 262 g/mol. The summed E-state index contributed by atoms with van der Waals surface area (Å²) in [5, 5.41) is 0. The molecule has 0 bridgehead atoms. The lowest BCUT2D eigenvalue weighted by Gasteiger charge is -2.26. The average molecular weight is 285 g/mol. The Bertz CT molecular complexity index is 550. The minimum atomic E-state index is -3.40. The quantitative estimate of drug-likeness (QED) is 0.910. The van der Waals surface area contributed by atoms with Crippen molar-refractivity contribution in [3.8, 4) is 0 Å². The number of rotatable bonds is 4. The molecule has 1 aromatic rings. The van der Waals surface area contributed by atoms with Gasteiger partial charge in [-0.25, -0.2) is 8.42 Å². The topological polar surface area (TPSA) is 68.3 Å². The van der Waals surface area contributed by atoms with E-state index >= 15 is 0 Å². The molecule has 1 aromatic heterocycles. The van der Waals surface area contributed by atoms with Crippen LogP contribution in [0.1, 0.15) is 38.8 Å². The largest absolute Gasteiger partial charge is 0.352 e. The van der Waals surface area contributed by atoms with E-state index in [1.165, 1.54) is 0 Å². The Kier molecular flexibility index (Phi) is 4.03. The molecule has 2 atom stereocenters. The Morgan fingerprint density at radius 2 is 2.11 bits per heavy atom. The maximum absolute atomic E-state index is 12.8. The maximum Gasteiger partial charge on any atom is 0.245 e. The molecule has 1 aliphatic heterocycles. The fourth-order valence-corrected chi connectivity index (χ4v) is 4.95. The van der Waals surface area contributed by atoms with Crippen molar-refractivity contribution in [2.75, 3.05) is 0 Å². The monoisotopic (exact) mass is 285 g/mol. The summed E-state index contributed by atoms with van der Waals surface area (Å²) in [6, 6.07) is 1.89. The van der Waals surface area contributed by atoms with Gasteiger partial charge in [-0.05, 0) is 32.3 Å². The van der Waals surface area contributed by atoms with Gasteiger partial charge in [0.25, 0.3) is 0 Å². The van der Waals surface area contributed by atoms with Gasteiger partial charge >= 0.3 is 0 Å². The number of nitrogens with two attached hydrogens (primary N) is 1. The zero-order chi connectivity index (χ0) is 14.2. The fourth-order valence-electron chi connectivity index (χ4n) is 2.91. The predicted octanol–water partition coefficient (Wildman–Crippen LogP) is 1.44. The van der Waals surface area contributed by atoms with Gasteiger partial charge in [-0.15, -0.1) is 0 Å². The third kappa shape index (κ3) is 2.44. The average Bonchev–Trinajstić information content (AvgIpc) is 2.92. The van der Waals surface area contributed by atoms with Crippen LogP contribution < -0.4 is 5.73 Å². The SMILES string of the molecule is CCC1CCC(C)N1S(=O)(=O)c1cc(CN)n(C)c1. The minimum Gasteiger partial charge on any atom is -0.352 e. The lowest BCUT2D eigenvalue weighted by Crippen LogP contribution is -2.39. The molecule has 2 N–H and O–H groups in total. The van der Waals surface area contributed by atoms with Gasteiger partial charge in [-0.1, -0.05) is 6.92 Å². The van der Waals surface area contributed by atoms with E-state index in [1.54, 1.807) is 21.1 Å². The van der Waals surface area contributed by atoms with Crippen LogP contribution in [-0.2, 0) is 23.6 Å². The van der Waals surface area contributed by atoms with Gasteiger partial charge in [-0.3, -0.25) is 0 Å². The summed E-state index contributed by atoms with van der Waals surface area (Å²) in [6.45, 7) is 4.38. The lowest BCUT2D eigenvalue weighted by molar-refractivity contribution is 0.328. The third-order valence-corrected chi connectivity index (χ3v) is 6.08. The minimum absolute atomic E-state index is 0.0801. The Labute approximate surface area is 115 Å². The highest BCUT2D eigenvalue weighted by Crippen LogP contribution is 2.32. The Morgan fingerprint density at radius 1 is 1.42 bits per heavy atom. The Morgan fingerprint density at radius 3 is 2.63 bits per heavy atom. The molecule has 0 amide bonds. The van der Waals surface area contributed by atoms with Crippen LogP contribution in [0.2, 0.25) is 0 Å². The van der Waals surface area contributed by atoms with Crippen molar-refractivity contribution in [2.24, 2.45) is 12.8 Å². The Hall–Kier alpha value is -0.850. The third-order valence-electron chi connectivity index (χ3n) is 4.05. The number of aromatic nitrogens is 1. The number of aryl methyl sites for hydroxylation is 1. The van der Waals surface area contributed by atoms with E-state index in [0.29, 0.717) is 11.4 Å². The Balaban J connectivity index is 2.40. The number of hydrogen-bond acceptors (Lipinski definition) is 3. The molecule has 2 heterocycles. The fraction of sp³-hybridized carbons (Fsp3) is 0.692. The second-order valence-corrected chi connectivity index (χ2v) is 7.15. The molecule has 1 fully saturated rings. The first kappa shape index (κ1) is 14.6. The summed E-state index contributed by atoms with van der Waals surface area (Å²) in [4.78, 5) is 0.364. The van der Waals surface area contributed by atoms with Crippen molar-refractivity contribution in [3.63, 3.8) is 0 Å². The summed E-state index contributed by atoms with van der Waals surface area (Å²) < 4.78 is 29.0. The molecule has 1 saturated heterocycles. The van der Waals surface area contributed by atoms with Gasteiger partial charge in [0.05, 0.1) is 0 Å². The van der Waals surface area contributed by atoms with Gasteiger partial charge < -0.3 is 10.3 Å². The van der Waals surface area contributed by atoms with Crippen LogP contribution in [-0.4, -0.2) is 29.4 Å². The number of nitrogens with zero attached hydrogens (tertiary/aromatic N) is 2. The molecular formula is C13H23N3O2S. The molecule has 0 aliphatic carbocycles. The smallest absolute Gasteiger partial charge is 0.245 e. The van der Waals surface area contributed by atoms with Crippen LogP contribution in [0, 0.1) is 0 Å². The van der Waals surface area contributed by atoms with Crippen molar-refractivity contribution in [2.45, 2.75) is 56.6 Å². The molecule has 1 aliphatic rings. The van der Waals surface area contributed by atoms with Crippen molar-refractivity contribution >= 4 is 10.0 Å². The molecule has 0 radical (unpaired) electrons. The first-order valence-electron chi connectivity index (χ1n) is 6.80. The van der Waals surface area contributed by atoms with Gasteiger partial charge in [0, 0.05) is 37.6 Å². The highest BCUT2D eigenvalue weighted by molar-refractivity contribution is 7.89. The van der Waals surface area contributed by atoms with Crippen LogP contribution in [0.3, 0.4) is 0 Å². The van der Waals surface area contributed by atoms with E-state index in [4.69, 9.17) is 5.73 Å². The van der Waals surface area contributed by atoms with Gasteiger partial charge in [0.15, 0.2) is 0 Å². The number of hydrogen-bond donors (Lipinski definition) is 1. The summed E-state index contributed by atoms with van der Waals surface area (Å²) in [6.07, 6.45) is 4.41. The second-order valence-electron chi connectivity index (χ2n) is 5.31. The van der Waals surface area contributed by atoms with E-state index in [2.05, 4.69) is 0 Å². The summed E-state index contributed by atoms with van der Waals surface area (Å²) >= 11 is 0. The van der Waals surface area contributed by atoms with E-state index in [0.717, 1.165) is 25.0 Å². The first-order valence-corrected chi connectivity index (χ1v) is 8.24. The van der Waals surface area contributed by atoms with Crippen LogP contribution in [0.25, 0.3) is 0 Å². The van der Waals surface area contributed by atoms with Gasteiger partial charge in [0.1, 0.15) is 4.90 Å². The zero-order valence-corrected chi connectivity index (χ0v) is 12.7. The number of sulfonamides is 1. The van der Waals surface area contributed by atoms with Gasteiger partial charge in [0.2, 0.25) is 10.0 Å². The molecule has 2 unspecified atom stereocenters. The van der Waals surface area contributed by atoms with Crippen molar-refractivity contribution in [1.82, 2.24) is 8.87 Å². The van der Waals surface area contributed by atoms with Crippen LogP contribution in [0.4, 0.5) is 0 Å². The molecule has 0 aromatic carbocycles.